The molecule has 116 valence electrons. The van der Waals surface area contributed by atoms with E-state index in [2.05, 4.69) is 5.32 Å². The van der Waals surface area contributed by atoms with Crippen molar-refractivity contribution in [3.8, 4) is 0 Å². The van der Waals surface area contributed by atoms with Crippen molar-refractivity contribution in [3.05, 3.63) is 34.6 Å². The molecule has 0 radical (unpaired) electrons. The van der Waals surface area contributed by atoms with Gasteiger partial charge in [0.05, 0.1) is 17.5 Å². The van der Waals surface area contributed by atoms with Gasteiger partial charge in [-0.25, -0.2) is 9.18 Å². The van der Waals surface area contributed by atoms with Gasteiger partial charge >= 0.3 is 12.1 Å². The molecule has 7 heteroatoms. The summed E-state index contributed by atoms with van der Waals surface area (Å²) in [5.74, 6) is -1.73. The van der Waals surface area contributed by atoms with Crippen LogP contribution in [0.5, 0.6) is 0 Å². The van der Waals surface area contributed by atoms with Crippen LogP contribution in [0, 0.1) is 5.82 Å². The van der Waals surface area contributed by atoms with Gasteiger partial charge in [0.2, 0.25) is 0 Å². The number of ether oxygens (including phenoxy) is 1. The first-order chi connectivity index (χ1) is 9.58. The first kappa shape index (κ1) is 17.2. The monoisotopic (exact) mass is 317 g/mol. The van der Waals surface area contributed by atoms with Crippen molar-refractivity contribution in [2.45, 2.75) is 38.8 Å². The van der Waals surface area contributed by atoms with E-state index in [0.717, 1.165) is 6.07 Å². The molecule has 0 aromatic heterocycles. The van der Waals surface area contributed by atoms with Crippen LogP contribution in [0.15, 0.2) is 18.2 Å². The van der Waals surface area contributed by atoms with Crippen LogP contribution in [0.3, 0.4) is 0 Å². The minimum absolute atomic E-state index is 0.145. The van der Waals surface area contributed by atoms with E-state index in [1.165, 1.54) is 12.1 Å². The summed E-state index contributed by atoms with van der Waals surface area (Å²) >= 11 is 5.67. The number of carbonyl (C=O) groups is 2. The highest BCUT2D eigenvalue weighted by Crippen LogP contribution is 2.23. The molecule has 0 unspecified atom stereocenters. The maximum absolute atomic E-state index is 13.1. The molecule has 0 saturated carbocycles. The van der Waals surface area contributed by atoms with Crippen molar-refractivity contribution in [3.63, 3.8) is 0 Å². The van der Waals surface area contributed by atoms with Gasteiger partial charge in [-0.2, -0.15) is 0 Å². The molecule has 0 saturated heterocycles. The Bertz CT molecular complexity index is 542. The number of hydrogen-bond acceptors (Lipinski definition) is 3. The van der Waals surface area contributed by atoms with Crippen molar-refractivity contribution in [2.75, 3.05) is 0 Å². The van der Waals surface area contributed by atoms with E-state index in [4.69, 9.17) is 21.4 Å². The lowest BCUT2D eigenvalue weighted by atomic mass is 10.0. The molecule has 21 heavy (non-hydrogen) atoms. The number of amides is 1. The summed E-state index contributed by atoms with van der Waals surface area (Å²) in [7, 11) is 0. The fraction of sp³-hybridized carbons (Fsp3) is 0.429. The molecule has 1 atom stereocenters. The minimum atomic E-state index is -1.11. The van der Waals surface area contributed by atoms with Gasteiger partial charge in [-0.15, -0.1) is 0 Å². The normalized spacial score (nSPS) is 12.6. The number of alkyl carbamates (subject to hydrolysis) is 1. The number of halogens is 2. The zero-order valence-electron chi connectivity index (χ0n) is 11.9. The molecule has 5 nitrogen and oxygen atoms in total. The minimum Gasteiger partial charge on any atom is -0.481 e. The molecule has 1 aromatic carbocycles. The molecule has 0 aliphatic rings. The highest BCUT2D eigenvalue weighted by atomic mass is 35.5. The topological polar surface area (TPSA) is 75.6 Å². The van der Waals surface area contributed by atoms with Gasteiger partial charge in [-0.1, -0.05) is 17.7 Å². The summed E-state index contributed by atoms with van der Waals surface area (Å²) in [5.41, 5.74) is -0.326. The van der Waals surface area contributed by atoms with Crippen molar-refractivity contribution < 1.29 is 23.8 Å². The molecule has 1 rings (SSSR count). The molecule has 2 N–H and O–H groups in total. The lowest BCUT2D eigenvalue weighted by Gasteiger charge is -2.23. The number of carbonyl (C=O) groups excluding carboxylic acids is 1. The van der Waals surface area contributed by atoms with E-state index in [0.29, 0.717) is 5.56 Å². The summed E-state index contributed by atoms with van der Waals surface area (Å²) in [6.45, 7) is 5.06. The maximum atomic E-state index is 13.1. The largest absolute Gasteiger partial charge is 0.481 e. The van der Waals surface area contributed by atoms with Crippen LogP contribution in [-0.4, -0.2) is 22.8 Å². The van der Waals surface area contributed by atoms with Crippen molar-refractivity contribution in [2.24, 2.45) is 0 Å². The Balaban J connectivity index is 2.92. The predicted molar refractivity (Wildman–Crippen MR) is 75.8 cm³/mol. The lowest BCUT2D eigenvalue weighted by molar-refractivity contribution is -0.137. The van der Waals surface area contributed by atoms with Crippen molar-refractivity contribution in [1.82, 2.24) is 5.32 Å². The number of benzene rings is 1. The Morgan fingerprint density at radius 3 is 2.52 bits per heavy atom. The maximum Gasteiger partial charge on any atom is 0.408 e. The molecule has 0 fully saturated rings. The number of carboxylic acids is 1. The van der Waals surface area contributed by atoms with Gasteiger partial charge < -0.3 is 15.2 Å². The summed E-state index contributed by atoms with van der Waals surface area (Å²) in [6, 6.07) is 2.90. The van der Waals surface area contributed by atoms with Gasteiger partial charge in [-0.05, 0) is 38.5 Å². The van der Waals surface area contributed by atoms with Crippen LogP contribution in [-0.2, 0) is 9.53 Å². The predicted octanol–water partition coefficient (Wildman–Crippen LogP) is 3.52. The third kappa shape index (κ3) is 5.99. The van der Waals surface area contributed by atoms with E-state index in [-0.39, 0.29) is 11.4 Å². The third-order valence-corrected chi connectivity index (χ3v) is 2.71. The molecule has 0 spiro atoms. The van der Waals surface area contributed by atoms with E-state index in [1.807, 2.05) is 0 Å². The zero-order chi connectivity index (χ0) is 16.2. The summed E-state index contributed by atoms with van der Waals surface area (Å²) in [4.78, 5) is 22.6. The van der Waals surface area contributed by atoms with Crippen LogP contribution in [0.4, 0.5) is 9.18 Å². The van der Waals surface area contributed by atoms with E-state index in [1.54, 1.807) is 20.8 Å². The summed E-state index contributed by atoms with van der Waals surface area (Å²) < 4.78 is 18.2. The lowest BCUT2D eigenvalue weighted by Crippen LogP contribution is -2.35. The molecule has 0 heterocycles. The second kappa shape index (κ2) is 6.76. The van der Waals surface area contributed by atoms with E-state index < -0.39 is 29.5 Å². The molecule has 0 aliphatic heterocycles. The van der Waals surface area contributed by atoms with Gasteiger partial charge in [0.1, 0.15) is 11.4 Å². The standard InChI is InChI=1S/C14H17ClFNO4/c1-14(2,3)21-13(20)17-11(7-12(18)19)8-4-5-10(16)9(15)6-8/h4-6,11H,7H2,1-3H3,(H,17,20)(H,18,19)/t11-/m1/s1. The van der Waals surface area contributed by atoms with Crippen LogP contribution < -0.4 is 5.32 Å². The summed E-state index contributed by atoms with van der Waals surface area (Å²) in [6.07, 6.45) is -1.13. The SMILES string of the molecule is CC(C)(C)OC(=O)N[C@H](CC(=O)O)c1ccc(F)c(Cl)c1. The van der Waals surface area contributed by atoms with Gasteiger partial charge in [0.25, 0.3) is 0 Å². The van der Waals surface area contributed by atoms with Crippen LogP contribution in [0.2, 0.25) is 5.02 Å². The average Bonchev–Trinajstić information content (AvgIpc) is 2.28. The van der Waals surface area contributed by atoms with Crippen LogP contribution in [0.25, 0.3) is 0 Å². The molecule has 1 amide bonds. The van der Waals surface area contributed by atoms with Crippen molar-refractivity contribution in [1.29, 1.82) is 0 Å². The highest BCUT2D eigenvalue weighted by Gasteiger charge is 2.23. The zero-order valence-corrected chi connectivity index (χ0v) is 12.7. The Labute approximate surface area is 127 Å². The van der Waals surface area contributed by atoms with Gasteiger partial charge in [0, 0.05) is 0 Å². The number of nitrogens with one attached hydrogen (secondary N) is 1. The first-order valence-corrected chi connectivity index (χ1v) is 6.62. The van der Waals surface area contributed by atoms with Gasteiger partial charge in [0.15, 0.2) is 0 Å². The fourth-order valence-corrected chi connectivity index (χ4v) is 1.79. The Morgan fingerprint density at radius 2 is 2.05 bits per heavy atom. The van der Waals surface area contributed by atoms with Crippen LogP contribution >= 0.6 is 11.6 Å². The first-order valence-electron chi connectivity index (χ1n) is 6.25. The molecular weight excluding hydrogens is 301 g/mol. The number of rotatable bonds is 4. The molecular formula is C14H17ClFNO4. The Morgan fingerprint density at radius 1 is 1.43 bits per heavy atom. The molecule has 1 aromatic rings. The van der Waals surface area contributed by atoms with Crippen molar-refractivity contribution >= 4 is 23.7 Å². The van der Waals surface area contributed by atoms with E-state index in [9.17, 15) is 14.0 Å². The van der Waals surface area contributed by atoms with E-state index >= 15 is 0 Å². The Kier molecular flexibility index (Phi) is 5.54. The molecule has 0 bridgehead atoms. The second-order valence-electron chi connectivity index (χ2n) is 5.47. The van der Waals surface area contributed by atoms with Gasteiger partial charge in [-0.3, -0.25) is 4.79 Å². The smallest absolute Gasteiger partial charge is 0.408 e. The second-order valence-corrected chi connectivity index (χ2v) is 5.88. The quantitative estimate of drug-likeness (QED) is 0.891. The summed E-state index contributed by atoms with van der Waals surface area (Å²) in [5, 5.41) is 11.2. The number of carboxylic acid groups (broad SMARTS) is 1. The highest BCUT2D eigenvalue weighted by molar-refractivity contribution is 6.30. The number of aliphatic carboxylic acids is 1. The Hall–Kier alpha value is -1.82. The third-order valence-electron chi connectivity index (χ3n) is 2.42. The fourth-order valence-electron chi connectivity index (χ4n) is 1.61. The average molecular weight is 318 g/mol. The van der Waals surface area contributed by atoms with Crippen LogP contribution in [0.1, 0.15) is 38.8 Å². The molecule has 0 aliphatic carbocycles. The number of hydrogen-bond donors (Lipinski definition) is 2.